The number of carboxylic acid groups (broad SMARTS) is 1. The highest BCUT2D eigenvalue weighted by atomic mass is 32.2. The second kappa shape index (κ2) is 18.5. The molecule has 14 nitrogen and oxygen atoms in total. The quantitative estimate of drug-likeness (QED) is 0.160. The van der Waals surface area contributed by atoms with Crippen LogP contribution >= 0.6 is 0 Å². The van der Waals surface area contributed by atoms with Crippen molar-refractivity contribution >= 4 is 27.9 Å². The summed E-state index contributed by atoms with van der Waals surface area (Å²) in [5, 5.41) is 16.4. The van der Waals surface area contributed by atoms with Crippen LogP contribution in [-0.4, -0.2) is 117 Å². The average Bonchev–Trinajstić information content (AvgIpc) is 3.54. The summed E-state index contributed by atoms with van der Waals surface area (Å²) in [5.41, 5.74) is 9.01. The Hall–Kier alpha value is -3.76. The van der Waals surface area contributed by atoms with E-state index in [-0.39, 0.29) is 50.1 Å². The lowest BCUT2D eigenvalue weighted by Crippen LogP contribution is -2.64. The predicted molar refractivity (Wildman–Crippen MR) is 202 cm³/mol. The lowest BCUT2D eigenvalue weighted by molar-refractivity contribution is -0.145. The Kier molecular flexibility index (Phi) is 14.1. The van der Waals surface area contributed by atoms with Crippen LogP contribution in [0, 0.1) is 5.41 Å². The van der Waals surface area contributed by atoms with Crippen LogP contribution in [0.2, 0.25) is 0 Å². The molecule has 6 N–H and O–H groups in total. The first-order chi connectivity index (χ1) is 25.4. The number of amides is 3. The maximum absolute atomic E-state index is 14.5. The Morgan fingerprint density at radius 1 is 1.02 bits per heavy atom. The van der Waals surface area contributed by atoms with Crippen molar-refractivity contribution in [3.63, 3.8) is 0 Å². The zero-order valence-corrected chi connectivity index (χ0v) is 31.9. The molecule has 5 rings (SSSR count). The lowest BCUT2D eigenvalue weighted by Gasteiger charge is -2.42. The monoisotopic (exact) mass is 755 g/mol. The number of nitrogens with two attached hydrogens (primary N) is 1. The molecule has 2 atom stereocenters. The Bertz CT molecular complexity index is 1650. The van der Waals surface area contributed by atoms with Crippen molar-refractivity contribution in [3.8, 4) is 5.75 Å². The fourth-order valence-corrected chi connectivity index (χ4v) is 8.64. The molecule has 3 fully saturated rings. The van der Waals surface area contributed by atoms with E-state index in [1.54, 1.807) is 13.2 Å². The first-order valence-electron chi connectivity index (χ1n) is 18.8. The number of carbonyl (C=O) groups excluding carboxylic acids is 2. The number of unbranched alkanes of at least 4 members (excludes halogenated alkanes) is 1. The number of carbonyl (C=O) groups is 3. The smallest absolute Gasteiger partial charge is 0.407 e. The first-order valence-corrected chi connectivity index (χ1v) is 20.7. The van der Waals surface area contributed by atoms with Gasteiger partial charge in [-0.1, -0.05) is 48.9 Å². The number of hydrogen-bond acceptors (Lipinski definition) is 9. The van der Waals surface area contributed by atoms with E-state index in [0.717, 1.165) is 69.1 Å². The minimum Gasteiger partial charge on any atom is -0.496 e. The molecule has 0 aromatic heterocycles. The molecule has 3 amide bonds. The summed E-state index contributed by atoms with van der Waals surface area (Å²) < 4.78 is 31.2. The highest BCUT2D eigenvalue weighted by Crippen LogP contribution is 2.44. The number of piperazine rings is 1. The van der Waals surface area contributed by atoms with Crippen molar-refractivity contribution in [3.05, 3.63) is 65.2 Å². The van der Waals surface area contributed by atoms with Gasteiger partial charge in [0, 0.05) is 57.4 Å². The molecule has 53 heavy (non-hydrogen) atoms. The SMILES string of the molecule is COc1cc(CNC(=O)[C@@H]2CN(C(=O)O)CCN2C(=O)[C@@H](CCCCNS(C)(=O)=O)NC2CCC3(CC2)CCN(Cc2ccccc2)C3)ccc1CN. The Balaban J connectivity index is 1.25. The highest BCUT2D eigenvalue weighted by Gasteiger charge is 2.43. The van der Waals surface area contributed by atoms with Crippen LogP contribution in [0.3, 0.4) is 0 Å². The van der Waals surface area contributed by atoms with Gasteiger partial charge in [-0.15, -0.1) is 0 Å². The van der Waals surface area contributed by atoms with Crippen molar-refractivity contribution < 1.29 is 32.6 Å². The number of ether oxygens (including phenoxy) is 1. The van der Waals surface area contributed by atoms with Crippen LogP contribution in [-0.2, 0) is 39.2 Å². The van der Waals surface area contributed by atoms with E-state index in [4.69, 9.17) is 10.5 Å². The molecule has 2 aromatic rings. The molecule has 3 aliphatic rings. The van der Waals surface area contributed by atoms with Crippen LogP contribution < -0.4 is 25.8 Å². The molecule has 2 aromatic carbocycles. The second-order valence-corrected chi connectivity index (χ2v) is 16.8. The van der Waals surface area contributed by atoms with Gasteiger partial charge in [-0.3, -0.25) is 14.5 Å². The molecule has 2 saturated heterocycles. The van der Waals surface area contributed by atoms with Crippen molar-refractivity contribution in [2.45, 2.75) is 89.1 Å². The summed E-state index contributed by atoms with van der Waals surface area (Å²) in [5.74, 6) is -0.0731. The topological polar surface area (TPSA) is 187 Å². The number of methoxy groups -OCH3 is 1. The standard InChI is InChI=1S/C38H57N7O7S/c1-52-34-22-29(11-12-30(34)23-39)24-40-35(46)33-26-44(37(48)49)20-21-45(33)36(47)32(10-6-7-18-41-53(2,50)51)42-31-13-15-38(16-14-31)17-19-43(27-38)25-28-8-4-3-5-9-28/h3-5,8-9,11-12,22,31-33,41-42H,6-7,10,13-21,23-27,39H2,1-2H3,(H,40,46)(H,48,49)/t31?,32-,33+,38?/m1/s1. The summed E-state index contributed by atoms with van der Waals surface area (Å²) >= 11 is 0. The minimum atomic E-state index is -3.33. The zero-order valence-electron chi connectivity index (χ0n) is 31.1. The van der Waals surface area contributed by atoms with Crippen LogP contribution in [0.4, 0.5) is 4.79 Å². The molecule has 0 unspecified atom stereocenters. The number of sulfonamides is 1. The van der Waals surface area contributed by atoms with E-state index in [0.29, 0.717) is 31.6 Å². The normalized spacial score (nSPS) is 22.8. The Morgan fingerprint density at radius 2 is 1.77 bits per heavy atom. The second-order valence-electron chi connectivity index (χ2n) is 14.9. The van der Waals surface area contributed by atoms with Crippen LogP contribution in [0.1, 0.15) is 68.1 Å². The molecule has 15 heteroatoms. The highest BCUT2D eigenvalue weighted by molar-refractivity contribution is 7.88. The molecule has 1 saturated carbocycles. The summed E-state index contributed by atoms with van der Waals surface area (Å²) in [4.78, 5) is 45.5. The molecule has 1 spiro atoms. The Morgan fingerprint density at radius 3 is 2.45 bits per heavy atom. The fraction of sp³-hybridized carbons (Fsp3) is 0.605. The molecule has 1 aliphatic carbocycles. The van der Waals surface area contributed by atoms with Gasteiger partial charge in [0.05, 0.1) is 26.0 Å². The molecule has 0 bridgehead atoms. The third kappa shape index (κ3) is 11.4. The van der Waals surface area contributed by atoms with E-state index in [2.05, 4.69) is 44.5 Å². The van der Waals surface area contributed by atoms with Crippen molar-refractivity contribution in [2.75, 3.05) is 52.6 Å². The number of hydrogen-bond donors (Lipinski definition) is 5. The first kappa shape index (κ1) is 40.4. The fourth-order valence-electron chi connectivity index (χ4n) is 8.12. The number of nitrogens with zero attached hydrogens (tertiary/aromatic N) is 3. The molecular formula is C38H57N7O7S. The number of likely N-dealkylation sites (tertiary alicyclic amines) is 1. The average molecular weight is 756 g/mol. The van der Waals surface area contributed by atoms with Crippen molar-refractivity contribution in [1.29, 1.82) is 0 Å². The minimum absolute atomic E-state index is 0.0844. The lowest BCUT2D eigenvalue weighted by atomic mass is 9.72. The number of rotatable bonds is 16. The molecule has 0 radical (unpaired) electrons. The van der Waals surface area contributed by atoms with Crippen LogP contribution in [0.5, 0.6) is 5.75 Å². The van der Waals surface area contributed by atoms with Gasteiger partial charge in [-0.2, -0.15) is 0 Å². The molecular weight excluding hydrogens is 699 g/mol. The van der Waals surface area contributed by atoms with Gasteiger partial charge in [-0.05, 0) is 74.1 Å². The predicted octanol–water partition coefficient (Wildman–Crippen LogP) is 2.47. The molecule has 292 valence electrons. The molecule has 2 heterocycles. The summed E-state index contributed by atoms with van der Waals surface area (Å²) in [7, 11) is -1.78. The van der Waals surface area contributed by atoms with Gasteiger partial charge in [0.1, 0.15) is 11.8 Å². The maximum atomic E-state index is 14.5. The molecule has 2 aliphatic heterocycles. The largest absolute Gasteiger partial charge is 0.496 e. The van der Waals surface area contributed by atoms with Gasteiger partial charge in [0.25, 0.3) is 0 Å². The van der Waals surface area contributed by atoms with E-state index in [1.165, 1.54) is 15.4 Å². The zero-order chi connectivity index (χ0) is 38.0. The van der Waals surface area contributed by atoms with Crippen molar-refractivity contribution in [1.82, 2.24) is 30.1 Å². The van der Waals surface area contributed by atoms with Gasteiger partial charge >= 0.3 is 6.09 Å². The third-order valence-corrected chi connectivity index (χ3v) is 11.8. The van der Waals surface area contributed by atoms with Gasteiger partial charge < -0.3 is 36.0 Å². The van der Waals surface area contributed by atoms with Gasteiger partial charge in [0.2, 0.25) is 21.8 Å². The van der Waals surface area contributed by atoms with E-state index < -0.39 is 34.1 Å². The summed E-state index contributed by atoms with van der Waals surface area (Å²) in [6, 6.07) is 14.5. The number of nitrogens with one attached hydrogen (secondary N) is 3. The van der Waals surface area contributed by atoms with Crippen LogP contribution in [0.25, 0.3) is 0 Å². The third-order valence-electron chi connectivity index (χ3n) is 11.1. The van der Waals surface area contributed by atoms with Gasteiger partial charge in [-0.25, -0.2) is 17.9 Å². The summed E-state index contributed by atoms with van der Waals surface area (Å²) in [6.07, 6.45) is 6.72. The van der Waals surface area contributed by atoms with E-state index in [9.17, 15) is 27.9 Å². The van der Waals surface area contributed by atoms with E-state index >= 15 is 0 Å². The van der Waals surface area contributed by atoms with Gasteiger partial charge in [0.15, 0.2) is 0 Å². The van der Waals surface area contributed by atoms with Crippen molar-refractivity contribution in [2.24, 2.45) is 11.1 Å². The Labute approximate surface area is 313 Å². The van der Waals surface area contributed by atoms with Crippen LogP contribution in [0.15, 0.2) is 48.5 Å². The van der Waals surface area contributed by atoms with E-state index in [1.807, 2.05) is 18.2 Å². The summed E-state index contributed by atoms with van der Waals surface area (Å²) in [6.45, 7) is 3.87. The number of benzene rings is 2. The maximum Gasteiger partial charge on any atom is 0.407 e.